The van der Waals surface area contributed by atoms with Crippen LogP contribution in [0.5, 0.6) is 0 Å². The van der Waals surface area contributed by atoms with Gasteiger partial charge in [-0.05, 0) is 57.6 Å². The third kappa shape index (κ3) is 3.20. The maximum Gasteiger partial charge on any atom is 0.494 e. The van der Waals surface area contributed by atoms with Gasteiger partial charge in [0.1, 0.15) is 0 Å². The summed E-state index contributed by atoms with van der Waals surface area (Å²) in [5.41, 5.74) is 0.000391. The lowest BCUT2D eigenvalue weighted by Crippen LogP contribution is -2.41. The fourth-order valence-electron chi connectivity index (χ4n) is 2.54. The van der Waals surface area contributed by atoms with Gasteiger partial charge >= 0.3 is 7.12 Å². The van der Waals surface area contributed by atoms with E-state index in [0.29, 0.717) is 5.92 Å². The van der Waals surface area contributed by atoms with Gasteiger partial charge in [-0.25, -0.2) is 13.1 Å². The number of nitrogens with one attached hydrogen (secondary N) is 1. The molecule has 0 amide bonds. The summed E-state index contributed by atoms with van der Waals surface area (Å²) in [6.45, 7) is 10.0. The van der Waals surface area contributed by atoms with Gasteiger partial charge in [0.2, 0.25) is 10.0 Å². The molecular formula is C16H24BNO4S. The first-order valence-corrected chi connectivity index (χ1v) is 9.48. The first kappa shape index (κ1) is 17.0. The summed E-state index contributed by atoms with van der Waals surface area (Å²) in [6.07, 6.45) is 0.908. The SMILES string of the molecule is C[C@@H]1C[C@H]1NS(=O)(=O)c1ccc(B2OC(C)(C)C(C)(C)O2)cc1. The van der Waals surface area contributed by atoms with E-state index < -0.39 is 28.3 Å². The van der Waals surface area contributed by atoms with Crippen LogP contribution in [0.25, 0.3) is 0 Å². The van der Waals surface area contributed by atoms with E-state index in [9.17, 15) is 8.42 Å². The number of rotatable bonds is 4. The largest absolute Gasteiger partial charge is 0.494 e. The Morgan fingerprint density at radius 3 is 2.00 bits per heavy atom. The lowest BCUT2D eigenvalue weighted by Gasteiger charge is -2.32. The molecule has 2 aliphatic rings. The summed E-state index contributed by atoms with van der Waals surface area (Å²) in [4.78, 5) is 0.275. The predicted octanol–water partition coefficient (Wildman–Crippen LogP) is 1.67. The molecule has 0 aromatic heterocycles. The molecule has 1 aliphatic heterocycles. The Kier molecular flexibility index (Phi) is 3.91. The summed E-state index contributed by atoms with van der Waals surface area (Å²) >= 11 is 0. The van der Waals surface area contributed by atoms with Crippen LogP contribution in [0.4, 0.5) is 0 Å². The normalized spacial score (nSPS) is 28.8. The van der Waals surface area contributed by atoms with Crippen molar-refractivity contribution in [1.29, 1.82) is 0 Å². The van der Waals surface area contributed by atoms with E-state index in [-0.39, 0.29) is 10.9 Å². The molecule has 1 aliphatic carbocycles. The topological polar surface area (TPSA) is 64.6 Å². The molecule has 1 saturated heterocycles. The molecule has 7 heteroatoms. The molecule has 1 saturated carbocycles. The van der Waals surface area contributed by atoms with Gasteiger partial charge in [0.25, 0.3) is 0 Å². The van der Waals surface area contributed by atoms with E-state index in [4.69, 9.17) is 9.31 Å². The highest BCUT2D eigenvalue weighted by molar-refractivity contribution is 7.89. The van der Waals surface area contributed by atoms with Crippen LogP contribution in [-0.4, -0.2) is 32.8 Å². The van der Waals surface area contributed by atoms with Crippen molar-refractivity contribution < 1.29 is 17.7 Å². The second kappa shape index (κ2) is 5.31. The van der Waals surface area contributed by atoms with Gasteiger partial charge < -0.3 is 9.31 Å². The zero-order valence-corrected chi connectivity index (χ0v) is 15.1. The molecule has 0 spiro atoms. The molecular weight excluding hydrogens is 313 g/mol. The summed E-state index contributed by atoms with van der Waals surface area (Å²) in [6, 6.07) is 6.80. The first-order chi connectivity index (χ1) is 10.5. The van der Waals surface area contributed by atoms with E-state index in [0.717, 1.165) is 11.9 Å². The van der Waals surface area contributed by atoms with Gasteiger partial charge in [-0.2, -0.15) is 0 Å². The quantitative estimate of drug-likeness (QED) is 0.849. The molecule has 0 bridgehead atoms. The van der Waals surface area contributed by atoms with Gasteiger partial charge in [-0.3, -0.25) is 0 Å². The number of hydrogen-bond acceptors (Lipinski definition) is 4. The zero-order valence-electron chi connectivity index (χ0n) is 14.3. The lowest BCUT2D eigenvalue weighted by atomic mass is 9.79. The molecule has 5 nitrogen and oxygen atoms in total. The Balaban J connectivity index is 1.75. The second-order valence-corrected chi connectivity index (χ2v) is 9.31. The van der Waals surface area contributed by atoms with E-state index in [1.165, 1.54) is 0 Å². The van der Waals surface area contributed by atoms with E-state index in [1.54, 1.807) is 24.3 Å². The third-order valence-corrected chi connectivity index (χ3v) is 6.64. The summed E-state index contributed by atoms with van der Waals surface area (Å²) < 4.78 is 39.3. The van der Waals surface area contributed by atoms with Crippen LogP contribution in [0, 0.1) is 5.92 Å². The Morgan fingerprint density at radius 2 is 1.57 bits per heavy atom. The molecule has 0 unspecified atom stereocenters. The number of hydrogen-bond donors (Lipinski definition) is 1. The fourth-order valence-corrected chi connectivity index (χ4v) is 3.89. The van der Waals surface area contributed by atoms with Crippen LogP contribution < -0.4 is 10.2 Å². The van der Waals surface area contributed by atoms with E-state index in [2.05, 4.69) is 4.72 Å². The van der Waals surface area contributed by atoms with Gasteiger partial charge in [0.15, 0.2) is 0 Å². The van der Waals surface area contributed by atoms with Gasteiger partial charge in [0.05, 0.1) is 16.1 Å². The highest BCUT2D eigenvalue weighted by Crippen LogP contribution is 2.36. The molecule has 2 atom stereocenters. The smallest absolute Gasteiger partial charge is 0.399 e. The first-order valence-electron chi connectivity index (χ1n) is 8.00. The molecule has 2 fully saturated rings. The summed E-state index contributed by atoms with van der Waals surface area (Å²) in [5.74, 6) is 0.425. The molecule has 23 heavy (non-hydrogen) atoms. The van der Waals surface area contributed by atoms with Crippen molar-refractivity contribution in [1.82, 2.24) is 4.72 Å². The number of sulfonamides is 1. The van der Waals surface area contributed by atoms with Crippen molar-refractivity contribution in [2.75, 3.05) is 0 Å². The average Bonchev–Trinajstić information content (AvgIpc) is 3.05. The Bertz CT molecular complexity index is 683. The van der Waals surface area contributed by atoms with Crippen LogP contribution in [0.2, 0.25) is 0 Å². The molecule has 0 radical (unpaired) electrons. The Hall–Kier alpha value is -0.885. The molecule has 1 heterocycles. The van der Waals surface area contributed by atoms with Crippen LogP contribution in [0.15, 0.2) is 29.2 Å². The van der Waals surface area contributed by atoms with Crippen LogP contribution in [-0.2, 0) is 19.3 Å². The minimum Gasteiger partial charge on any atom is -0.399 e. The van der Waals surface area contributed by atoms with Crippen molar-refractivity contribution in [3.05, 3.63) is 24.3 Å². The highest BCUT2D eigenvalue weighted by Gasteiger charge is 2.51. The summed E-state index contributed by atoms with van der Waals surface area (Å²) in [7, 11) is -3.93. The van der Waals surface area contributed by atoms with Crippen molar-refractivity contribution in [3.63, 3.8) is 0 Å². The lowest BCUT2D eigenvalue weighted by molar-refractivity contribution is 0.00578. The minimum atomic E-state index is -3.45. The van der Waals surface area contributed by atoms with Crippen LogP contribution >= 0.6 is 0 Å². The number of benzene rings is 1. The molecule has 3 rings (SSSR count). The Labute approximate surface area is 138 Å². The van der Waals surface area contributed by atoms with E-state index in [1.807, 2.05) is 34.6 Å². The van der Waals surface area contributed by atoms with Crippen LogP contribution in [0.1, 0.15) is 41.0 Å². The zero-order chi connectivity index (χ0) is 17.0. The summed E-state index contributed by atoms with van der Waals surface area (Å²) in [5, 5.41) is 0. The molecule has 126 valence electrons. The van der Waals surface area contributed by atoms with Crippen molar-refractivity contribution >= 4 is 22.6 Å². The van der Waals surface area contributed by atoms with Gasteiger partial charge in [0, 0.05) is 6.04 Å². The van der Waals surface area contributed by atoms with E-state index >= 15 is 0 Å². The van der Waals surface area contributed by atoms with Crippen LogP contribution in [0.3, 0.4) is 0 Å². The average molecular weight is 337 g/mol. The molecule has 1 aromatic rings. The Morgan fingerprint density at radius 1 is 1.09 bits per heavy atom. The van der Waals surface area contributed by atoms with Gasteiger partial charge in [-0.15, -0.1) is 0 Å². The van der Waals surface area contributed by atoms with Crippen molar-refractivity contribution in [3.8, 4) is 0 Å². The second-order valence-electron chi connectivity index (χ2n) is 7.60. The third-order valence-electron chi connectivity index (χ3n) is 5.13. The van der Waals surface area contributed by atoms with Crippen molar-refractivity contribution in [2.45, 2.75) is 63.2 Å². The monoisotopic (exact) mass is 337 g/mol. The van der Waals surface area contributed by atoms with Gasteiger partial charge in [-0.1, -0.05) is 19.1 Å². The standard InChI is InChI=1S/C16H24BNO4S/c1-11-10-14(11)18-23(19,20)13-8-6-12(7-9-13)17-21-15(2,3)16(4,5)22-17/h6-9,11,14,18H,10H2,1-5H3/t11-,14-/m1/s1. The highest BCUT2D eigenvalue weighted by atomic mass is 32.2. The predicted molar refractivity (Wildman–Crippen MR) is 90.0 cm³/mol. The maximum atomic E-state index is 12.3. The fraction of sp³-hybridized carbons (Fsp3) is 0.625. The molecule has 1 N–H and O–H groups in total. The maximum absolute atomic E-state index is 12.3. The minimum absolute atomic E-state index is 0.0720. The van der Waals surface area contributed by atoms with Crippen molar-refractivity contribution in [2.24, 2.45) is 5.92 Å². The molecule has 1 aromatic carbocycles.